The van der Waals surface area contributed by atoms with E-state index in [9.17, 15) is 9.59 Å². The molecule has 76 valence electrons. The van der Waals surface area contributed by atoms with Crippen LogP contribution >= 0.6 is 0 Å². The monoisotopic (exact) mass is 194 g/mol. The van der Waals surface area contributed by atoms with E-state index in [0.29, 0.717) is 12.3 Å². The van der Waals surface area contributed by atoms with Crippen molar-refractivity contribution in [3.8, 4) is 0 Å². The number of isocyanates is 2. The molecule has 0 radical (unpaired) electrons. The second kappa shape index (κ2) is 5.48. The van der Waals surface area contributed by atoms with Crippen LogP contribution in [0.25, 0.3) is 0 Å². The first-order chi connectivity index (χ1) is 6.77. The minimum Gasteiger partial charge on any atom is -0.211 e. The third-order valence-electron chi connectivity index (χ3n) is 2.82. The highest BCUT2D eigenvalue weighted by Crippen LogP contribution is 2.26. The Morgan fingerprint density at radius 2 is 1.86 bits per heavy atom. The molecule has 4 nitrogen and oxygen atoms in total. The summed E-state index contributed by atoms with van der Waals surface area (Å²) < 4.78 is 0. The average Bonchev–Trinajstić information content (AvgIpc) is 2.31. The van der Waals surface area contributed by atoms with E-state index in [-0.39, 0.29) is 12.1 Å². The van der Waals surface area contributed by atoms with Crippen LogP contribution in [-0.4, -0.2) is 24.2 Å². The molecule has 3 atom stereocenters. The minimum atomic E-state index is -0.0305. The highest BCUT2D eigenvalue weighted by Gasteiger charge is 2.24. The van der Waals surface area contributed by atoms with Gasteiger partial charge < -0.3 is 0 Å². The highest BCUT2D eigenvalue weighted by molar-refractivity contribution is 5.34. The zero-order valence-corrected chi connectivity index (χ0v) is 8.27. The summed E-state index contributed by atoms with van der Waals surface area (Å²) in [4.78, 5) is 27.8. The topological polar surface area (TPSA) is 58.9 Å². The molecule has 14 heavy (non-hydrogen) atoms. The van der Waals surface area contributed by atoms with Crippen LogP contribution < -0.4 is 0 Å². The SMILES string of the molecule is CC1CCCC(N=C=O)CC1N=C=O. The van der Waals surface area contributed by atoms with Crippen molar-refractivity contribution < 1.29 is 9.59 Å². The fraction of sp³-hybridized carbons (Fsp3) is 0.800. The Morgan fingerprint density at radius 3 is 2.50 bits per heavy atom. The molecule has 1 aliphatic carbocycles. The number of hydrogen-bond acceptors (Lipinski definition) is 4. The quantitative estimate of drug-likeness (QED) is 0.381. The molecule has 1 aliphatic rings. The summed E-state index contributed by atoms with van der Waals surface area (Å²) in [7, 11) is 0. The molecule has 0 aromatic rings. The normalized spacial score (nSPS) is 32.2. The van der Waals surface area contributed by atoms with Crippen molar-refractivity contribution in [3.05, 3.63) is 0 Å². The molecule has 1 saturated carbocycles. The average molecular weight is 194 g/mol. The maximum atomic E-state index is 10.2. The van der Waals surface area contributed by atoms with Gasteiger partial charge in [-0.3, -0.25) is 0 Å². The van der Waals surface area contributed by atoms with E-state index in [2.05, 4.69) is 16.9 Å². The second-order valence-corrected chi connectivity index (χ2v) is 3.81. The Morgan fingerprint density at radius 1 is 1.14 bits per heavy atom. The van der Waals surface area contributed by atoms with Gasteiger partial charge in [-0.1, -0.05) is 13.3 Å². The predicted octanol–water partition coefficient (Wildman–Crippen LogP) is 1.61. The molecule has 0 aliphatic heterocycles. The summed E-state index contributed by atoms with van der Waals surface area (Å²) >= 11 is 0. The van der Waals surface area contributed by atoms with Gasteiger partial charge >= 0.3 is 0 Å². The lowest BCUT2D eigenvalue weighted by molar-refractivity contribution is 0.421. The zero-order valence-electron chi connectivity index (χ0n) is 8.27. The van der Waals surface area contributed by atoms with Crippen molar-refractivity contribution >= 4 is 12.2 Å². The largest absolute Gasteiger partial charge is 0.235 e. The molecule has 1 fully saturated rings. The fourth-order valence-electron chi connectivity index (χ4n) is 1.94. The Kier molecular flexibility index (Phi) is 4.24. The highest BCUT2D eigenvalue weighted by atomic mass is 16.1. The molecule has 0 aromatic heterocycles. The van der Waals surface area contributed by atoms with Gasteiger partial charge in [0.2, 0.25) is 12.2 Å². The van der Waals surface area contributed by atoms with Gasteiger partial charge in [-0.05, 0) is 25.2 Å². The van der Waals surface area contributed by atoms with Gasteiger partial charge in [-0.25, -0.2) is 19.6 Å². The van der Waals surface area contributed by atoms with Crippen LogP contribution in [-0.2, 0) is 9.59 Å². The van der Waals surface area contributed by atoms with Crippen LogP contribution in [0.1, 0.15) is 32.6 Å². The van der Waals surface area contributed by atoms with E-state index < -0.39 is 0 Å². The molecular formula is C10H14N2O2. The number of hydrogen-bond donors (Lipinski definition) is 0. The second-order valence-electron chi connectivity index (χ2n) is 3.81. The summed E-state index contributed by atoms with van der Waals surface area (Å²) in [5, 5.41) is 0. The van der Waals surface area contributed by atoms with Crippen molar-refractivity contribution in [2.24, 2.45) is 15.9 Å². The first-order valence-corrected chi connectivity index (χ1v) is 4.92. The first-order valence-electron chi connectivity index (χ1n) is 4.92. The minimum absolute atomic E-state index is 0.0143. The lowest BCUT2D eigenvalue weighted by atomic mass is 9.97. The third kappa shape index (κ3) is 2.91. The molecule has 0 spiro atoms. The van der Waals surface area contributed by atoms with Crippen molar-refractivity contribution in [1.29, 1.82) is 0 Å². The molecule has 0 N–H and O–H groups in total. The summed E-state index contributed by atoms with van der Waals surface area (Å²) in [6.07, 6.45) is 6.79. The molecule has 0 heterocycles. The van der Waals surface area contributed by atoms with Crippen LogP contribution in [0.15, 0.2) is 9.98 Å². The molecule has 0 amide bonds. The summed E-state index contributed by atoms with van der Waals surface area (Å²) in [5.74, 6) is 0.378. The van der Waals surface area contributed by atoms with Gasteiger partial charge in [-0.2, -0.15) is 0 Å². The van der Waals surface area contributed by atoms with E-state index in [1.54, 1.807) is 12.2 Å². The van der Waals surface area contributed by atoms with Crippen LogP contribution in [0.3, 0.4) is 0 Å². The number of rotatable bonds is 2. The van der Waals surface area contributed by atoms with E-state index in [1.165, 1.54) is 0 Å². The van der Waals surface area contributed by atoms with Gasteiger partial charge in [0.15, 0.2) is 0 Å². The molecular weight excluding hydrogens is 180 g/mol. The van der Waals surface area contributed by atoms with E-state index in [4.69, 9.17) is 0 Å². The number of carbonyl (C=O) groups excluding carboxylic acids is 2. The summed E-state index contributed by atoms with van der Waals surface area (Å²) in [6, 6.07) is -0.0448. The van der Waals surface area contributed by atoms with Crippen LogP contribution in [0.2, 0.25) is 0 Å². The molecule has 3 unspecified atom stereocenters. The Bertz CT molecular complexity index is 278. The van der Waals surface area contributed by atoms with Crippen LogP contribution in [0, 0.1) is 5.92 Å². The summed E-state index contributed by atoms with van der Waals surface area (Å²) in [5.41, 5.74) is 0. The molecule has 0 aromatic carbocycles. The van der Waals surface area contributed by atoms with Crippen LogP contribution in [0.5, 0.6) is 0 Å². The van der Waals surface area contributed by atoms with E-state index in [1.807, 2.05) is 0 Å². The van der Waals surface area contributed by atoms with Gasteiger partial charge in [-0.15, -0.1) is 0 Å². The third-order valence-corrected chi connectivity index (χ3v) is 2.82. The molecule has 0 saturated heterocycles. The Balaban J connectivity index is 2.70. The Labute approximate surface area is 83.1 Å². The van der Waals surface area contributed by atoms with Crippen molar-refractivity contribution in [2.75, 3.05) is 0 Å². The Hall–Kier alpha value is -1.24. The van der Waals surface area contributed by atoms with Gasteiger partial charge in [0.05, 0.1) is 12.1 Å². The van der Waals surface area contributed by atoms with E-state index >= 15 is 0 Å². The lowest BCUT2D eigenvalue weighted by Gasteiger charge is -2.15. The van der Waals surface area contributed by atoms with Crippen molar-refractivity contribution in [3.63, 3.8) is 0 Å². The van der Waals surface area contributed by atoms with Gasteiger partial charge in [0.1, 0.15) is 0 Å². The number of nitrogens with zero attached hydrogens (tertiary/aromatic N) is 2. The number of aliphatic imine (C=N–C) groups is 2. The molecule has 1 rings (SSSR count). The standard InChI is InChI=1S/C10H14N2O2/c1-8-3-2-4-9(11-6-13)5-10(8)12-7-14/h8-10H,2-5H2,1H3. The van der Waals surface area contributed by atoms with Gasteiger partial charge in [0, 0.05) is 0 Å². The molecule has 4 heteroatoms. The maximum Gasteiger partial charge on any atom is 0.235 e. The van der Waals surface area contributed by atoms with Gasteiger partial charge in [0.25, 0.3) is 0 Å². The fourth-order valence-corrected chi connectivity index (χ4v) is 1.94. The maximum absolute atomic E-state index is 10.2. The van der Waals surface area contributed by atoms with Crippen molar-refractivity contribution in [1.82, 2.24) is 0 Å². The van der Waals surface area contributed by atoms with Crippen molar-refractivity contribution in [2.45, 2.75) is 44.7 Å². The van der Waals surface area contributed by atoms with Crippen LogP contribution in [0.4, 0.5) is 0 Å². The summed E-state index contributed by atoms with van der Waals surface area (Å²) in [6.45, 7) is 2.07. The first kappa shape index (κ1) is 10.8. The lowest BCUT2D eigenvalue weighted by Crippen LogP contribution is -2.18. The predicted molar refractivity (Wildman–Crippen MR) is 51.5 cm³/mol. The zero-order chi connectivity index (χ0) is 10.4. The van der Waals surface area contributed by atoms with E-state index in [0.717, 1.165) is 19.3 Å². The smallest absolute Gasteiger partial charge is 0.211 e. The molecule has 0 bridgehead atoms.